The lowest BCUT2D eigenvalue weighted by atomic mass is 10.0. The van der Waals surface area contributed by atoms with E-state index in [1.807, 2.05) is 57.3 Å². The number of hydrogen-bond acceptors (Lipinski definition) is 5. The molecule has 0 saturated carbocycles. The summed E-state index contributed by atoms with van der Waals surface area (Å²) in [6, 6.07) is 9.64. The number of benzene rings is 1. The first-order valence-corrected chi connectivity index (χ1v) is 11.7. The molecule has 3 aromatic heterocycles. The van der Waals surface area contributed by atoms with Gasteiger partial charge in [0.25, 0.3) is 5.56 Å². The summed E-state index contributed by atoms with van der Waals surface area (Å²) >= 11 is 1.49. The Bertz CT molecular complexity index is 1360. The van der Waals surface area contributed by atoms with Gasteiger partial charge in [-0.3, -0.25) is 14.2 Å². The molecule has 0 bridgehead atoms. The number of pyridine rings is 1. The molecule has 166 valence electrons. The second-order valence-electron chi connectivity index (χ2n) is 8.36. The maximum atomic E-state index is 13.6. The first kappa shape index (κ1) is 22.0. The quantitative estimate of drug-likeness (QED) is 0.441. The molecule has 0 amide bonds. The summed E-state index contributed by atoms with van der Waals surface area (Å²) < 4.78 is 7.23. The second kappa shape index (κ2) is 9.12. The van der Waals surface area contributed by atoms with Crippen molar-refractivity contribution in [2.24, 2.45) is 5.92 Å². The van der Waals surface area contributed by atoms with Crippen LogP contribution in [0, 0.1) is 12.8 Å². The Balaban J connectivity index is 1.75. The fraction of sp³-hybridized carbons (Fsp3) is 0.320. The molecule has 0 radical (unpaired) electrons. The average molecular weight is 450 g/mol. The number of fused-ring (bicyclic) bond motifs is 1. The molecule has 0 spiro atoms. The van der Waals surface area contributed by atoms with E-state index in [2.05, 4.69) is 4.98 Å². The van der Waals surface area contributed by atoms with Crippen molar-refractivity contribution in [3.8, 4) is 16.9 Å². The van der Waals surface area contributed by atoms with Gasteiger partial charge in [0.05, 0.1) is 18.5 Å². The summed E-state index contributed by atoms with van der Waals surface area (Å²) in [4.78, 5) is 34.7. The minimum atomic E-state index is -0.199. The van der Waals surface area contributed by atoms with E-state index in [4.69, 9.17) is 9.72 Å². The van der Waals surface area contributed by atoms with Crippen LogP contribution in [0.25, 0.3) is 21.3 Å². The summed E-state index contributed by atoms with van der Waals surface area (Å²) in [6.45, 7) is 8.79. The number of aromatic nitrogens is 3. The smallest absolute Gasteiger partial charge is 0.263 e. The van der Waals surface area contributed by atoms with Crippen LogP contribution in [0.4, 0.5) is 0 Å². The van der Waals surface area contributed by atoms with Crippen LogP contribution in [0.15, 0.2) is 51.5 Å². The van der Waals surface area contributed by atoms with Gasteiger partial charge in [0, 0.05) is 35.3 Å². The zero-order chi connectivity index (χ0) is 22.8. The van der Waals surface area contributed by atoms with Gasteiger partial charge in [-0.25, -0.2) is 4.98 Å². The van der Waals surface area contributed by atoms with Crippen LogP contribution in [-0.2, 0) is 13.0 Å². The SMILES string of the molecule is CCc1nc2scc(-c3ccc(C)cc3)c2c(=O)n1Cc1cc(=O)c(OCC(C)C)c[nH]1. The highest BCUT2D eigenvalue weighted by Crippen LogP contribution is 2.31. The molecule has 0 saturated heterocycles. The van der Waals surface area contributed by atoms with Crippen LogP contribution in [0.3, 0.4) is 0 Å². The summed E-state index contributed by atoms with van der Waals surface area (Å²) in [5.41, 5.74) is 3.40. The first-order valence-electron chi connectivity index (χ1n) is 10.8. The van der Waals surface area contributed by atoms with Gasteiger partial charge in [0.2, 0.25) is 5.43 Å². The molecule has 6 nitrogen and oxygen atoms in total. The third-order valence-corrected chi connectivity index (χ3v) is 6.16. The predicted molar refractivity (Wildman–Crippen MR) is 130 cm³/mol. The number of hydrogen-bond donors (Lipinski definition) is 1. The van der Waals surface area contributed by atoms with Crippen molar-refractivity contribution < 1.29 is 4.74 Å². The van der Waals surface area contributed by atoms with Gasteiger partial charge in [0.1, 0.15) is 10.7 Å². The fourth-order valence-corrected chi connectivity index (χ4v) is 4.53. The van der Waals surface area contributed by atoms with E-state index in [9.17, 15) is 9.59 Å². The van der Waals surface area contributed by atoms with Gasteiger partial charge in [-0.15, -0.1) is 11.3 Å². The molecule has 32 heavy (non-hydrogen) atoms. The Hall–Kier alpha value is -3.19. The highest BCUT2D eigenvalue weighted by Gasteiger charge is 2.17. The maximum Gasteiger partial charge on any atom is 0.263 e. The standard InChI is InChI=1S/C25H27N3O3S/c1-5-22-27-24-23(19(14-32-24)17-8-6-16(4)7-9-17)25(30)28(22)12-18-10-20(29)21(11-26-18)31-13-15(2)3/h6-11,14-15H,5,12-13H2,1-4H3,(H,26,29). The molecule has 4 rings (SSSR count). The van der Waals surface area contributed by atoms with Crippen molar-refractivity contribution in [1.29, 1.82) is 0 Å². The minimum Gasteiger partial charge on any atom is -0.488 e. The number of nitrogens with zero attached hydrogens (tertiary/aromatic N) is 2. The average Bonchev–Trinajstić information content (AvgIpc) is 3.19. The van der Waals surface area contributed by atoms with Gasteiger partial charge in [0.15, 0.2) is 5.75 Å². The number of aryl methyl sites for hydroxylation is 2. The molecule has 7 heteroatoms. The zero-order valence-corrected chi connectivity index (χ0v) is 19.6. The van der Waals surface area contributed by atoms with E-state index in [-0.39, 0.29) is 17.5 Å². The number of aromatic amines is 1. The number of thiophene rings is 1. The number of nitrogens with one attached hydrogen (secondary N) is 1. The Morgan fingerprint density at radius 2 is 1.94 bits per heavy atom. The van der Waals surface area contributed by atoms with Crippen LogP contribution >= 0.6 is 11.3 Å². The number of ether oxygens (including phenoxy) is 1. The van der Waals surface area contributed by atoms with E-state index < -0.39 is 0 Å². The van der Waals surface area contributed by atoms with Crippen LogP contribution < -0.4 is 15.7 Å². The van der Waals surface area contributed by atoms with Gasteiger partial charge in [-0.1, -0.05) is 50.6 Å². The van der Waals surface area contributed by atoms with Gasteiger partial charge < -0.3 is 9.72 Å². The van der Waals surface area contributed by atoms with Crippen LogP contribution in [0.1, 0.15) is 37.9 Å². The third-order valence-electron chi connectivity index (χ3n) is 5.29. The lowest BCUT2D eigenvalue weighted by Gasteiger charge is -2.13. The number of H-pyrrole nitrogens is 1. The van der Waals surface area contributed by atoms with Crippen LogP contribution in [-0.4, -0.2) is 21.1 Å². The van der Waals surface area contributed by atoms with Crippen molar-refractivity contribution in [3.05, 3.63) is 79.6 Å². The van der Waals surface area contributed by atoms with Crippen LogP contribution in [0.2, 0.25) is 0 Å². The van der Waals surface area contributed by atoms with Crippen molar-refractivity contribution in [2.45, 2.75) is 40.7 Å². The Kier molecular flexibility index (Phi) is 6.28. The molecule has 0 aliphatic rings. The molecule has 0 aliphatic carbocycles. The van der Waals surface area contributed by atoms with Gasteiger partial charge >= 0.3 is 0 Å². The summed E-state index contributed by atoms with van der Waals surface area (Å²) in [7, 11) is 0. The molecule has 0 aliphatic heterocycles. The van der Waals surface area contributed by atoms with Crippen molar-refractivity contribution in [3.63, 3.8) is 0 Å². The molecule has 3 heterocycles. The van der Waals surface area contributed by atoms with E-state index in [0.29, 0.717) is 41.6 Å². The van der Waals surface area contributed by atoms with Gasteiger partial charge in [-0.2, -0.15) is 0 Å². The lowest BCUT2D eigenvalue weighted by Crippen LogP contribution is -2.26. The lowest BCUT2D eigenvalue weighted by molar-refractivity contribution is 0.267. The van der Waals surface area contributed by atoms with E-state index in [1.165, 1.54) is 23.0 Å². The first-order chi connectivity index (χ1) is 15.4. The maximum absolute atomic E-state index is 13.6. The molecule has 0 atom stereocenters. The zero-order valence-electron chi connectivity index (χ0n) is 18.8. The molecule has 1 aromatic carbocycles. The molecule has 0 unspecified atom stereocenters. The summed E-state index contributed by atoms with van der Waals surface area (Å²) in [5.74, 6) is 1.31. The molecule has 4 aromatic rings. The van der Waals surface area contributed by atoms with Crippen LogP contribution in [0.5, 0.6) is 5.75 Å². The van der Waals surface area contributed by atoms with E-state index in [0.717, 1.165) is 16.0 Å². The summed E-state index contributed by atoms with van der Waals surface area (Å²) in [5, 5.41) is 2.62. The highest BCUT2D eigenvalue weighted by molar-refractivity contribution is 7.17. The monoisotopic (exact) mass is 449 g/mol. The normalized spacial score (nSPS) is 11.4. The number of rotatable bonds is 7. The molecular weight excluding hydrogens is 422 g/mol. The van der Waals surface area contributed by atoms with Crippen molar-refractivity contribution in [2.75, 3.05) is 6.61 Å². The Morgan fingerprint density at radius 1 is 1.19 bits per heavy atom. The van der Waals surface area contributed by atoms with Gasteiger partial charge in [-0.05, 0) is 18.4 Å². The predicted octanol–water partition coefficient (Wildman–Crippen LogP) is 4.77. The molecule has 1 N–H and O–H groups in total. The Morgan fingerprint density at radius 3 is 2.59 bits per heavy atom. The third kappa shape index (κ3) is 4.39. The van der Waals surface area contributed by atoms with E-state index >= 15 is 0 Å². The molecule has 0 fully saturated rings. The van der Waals surface area contributed by atoms with E-state index in [1.54, 1.807) is 10.8 Å². The van der Waals surface area contributed by atoms with Crippen molar-refractivity contribution in [1.82, 2.24) is 14.5 Å². The Labute approximate surface area is 190 Å². The molecular formula is C25H27N3O3S. The topological polar surface area (TPSA) is 77.0 Å². The minimum absolute atomic E-state index is 0.0929. The highest BCUT2D eigenvalue weighted by atomic mass is 32.1. The fourth-order valence-electron chi connectivity index (χ4n) is 3.58. The van der Waals surface area contributed by atoms with Crippen molar-refractivity contribution >= 4 is 21.6 Å². The largest absolute Gasteiger partial charge is 0.488 e. The summed E-state index contributed by atoms with van der Waals surface area (Å²) in [6.07, 6.45) is 2.19. The second-order valence-corrected chi connectivity index (χ2v) is 9.22.